The first-order valence-corrected chi connectivity index (χ1v) is 8.82. The van der Waals surface area contributed by atoms with Gasteiger partial charge in [-0.25, -0.2) is 0 Å². The van der Waals surface area contributed by atoms with Gasteiger partial charge in [0.15, 0.2) is 0 Å². The second kappa shape index (κ2) is 12.7. The fourth-order valence-electron chi connectivity index (χ4n) is 2.52. The van der Waals surface area contributed by atoms with Crippen molar-refractivity contribution in [1.29, 1.82) is 0 Å². The number of rotatable bonds is 10. The zero-order chi connectivity index (χ0) is 17.9. The molecular formula is C19H32ClN3O2. The lowest BCUT2D eigenvalue weighted by Gasteiger charge is -2.23. The monoisotopic (exact) mass is 369 g/mol. The molecule has 0 aliphatic rings. The quantitative estimate of drug-likeness (QED) is 0.592. The molecule has 4 N–H and O–H groups in total. The van der Waals surface area contributed by atoms with E-state index in [2.05, 4.69) is 17.6 Å². The minimum absolute atomic E-state index is 0. The van der Waals surface area contributed by atoms with Crippen molar-refractivity contribution in [3.8, 4) is 0 Å². The number of nitrogens with one attached hydrogen (secondary N) is 2. The second-order valence-electron chi connectivity index (χ2n) is 6.59. The number of benzene rings is 1. The molecule has 0 fully saturated rings. The molecule has 2 atom stereocenters. The van der Waals surface area contributed by atoms with Gasteiger partial charge in [0.25, 0.3) is 0 Å². The molecule has 0 heterocycles. The Labute approximate surface area is 157 Å². The van der Waals surface area contributed by atoms with Crippen LogP contribution in [0.2, 0.25) is 0 Å². The predicted molar refractivity (Wildman–Crippen MR) is 105 cm³/mol. The Morgan fingerprint density at radius 3 is 2.28 bits per heavy atom. The third kappa shape index (κ3) is 8.89. The van der Waals surface area contributed by atoms with E-state index in [4.69, 9.17) is 5.73 Å². The van der Waals surface area contributed by atoms with Crippen molar-refractivity contribution < 1.29 is 9.59 Å². The van der Waals surface area contributed by atoms with Gasteiger partial charge in [0.05, 0.1) is 0 Å². The molecule has 1 aromatic rings. The average molecular weight is 370 g/mol. The predicted octanol–water partition coefficient (Wildman–Crippen LogP) is 2.95. The van der Waals surface area contributed by atoms with Crippen LogP contribution in [0.25, 0.3) is 0 Å². The van der Waals surface area contributed by atoms with Gasteiger partial charge in [-0.2, -0.15) is 0 Å². The Morgan fingerprint density at radius 1 is 1.12 bits per heavy atom. The zero-order valence-corrected chi connectivity index (χ0v) is 16.3. The summed E-state index contributed by atoms with van der Waals surface area (Å²) in [6.07, 6.45) is 3.31. The van der Waals surface area contributed by atoms with Gasteiger partial charge < -0.3 is 16.4 Å². The van der Waals surface area contributed by atoms with Crippen LogP contribution < -0.4 is 16.4 Å². The Hall–Kier alpha value is -1.59. The van der Waals surface area contributed by atoms with E-state index in [0.717, 1.165) is 24.8 Å². The second-order valence-corrected chi connectivity index (χ2v) is 6.59. The number of hydrogen-bond acceptors (Lipinski definition) is 3. The molecule has 0 radical (unpaired) electrons. The molecule has 2 unspecified atom stereocenters. The summed E-state index contributed by atoms with van der Waals surface area (Å²) in [4.78, 5) is 24.9. The SMILES string of the molecule is CCCCC(CN)NC(=O)C(NC(=O)CC(C)C)c1ccccc1.Cl. The summed E-state index contributed by atoms with van der Waals surface area (Å²) in [5.74, 6) is -0.0810. The summed E-state index contributed by atoms with van der Waals surface area (Å²) >= 11 is 0. The smallest absolute Gasteiger partial charge is 0.247 e. The van der Waals surface area contributed by atoms with E-state index in [1.807, 2.05) is 44.2 Å². The molecule has 2 amide bonds. The Morgan fingerprint density at radius 2 is 1.76 bits per heavy atom. The van der Waals surface area contributed by atoms with Crippen LogP contribution in [0.3, 0.4) is 0 Å². The Balaban J connectivity index is 0.00000576. The largest absolute Gasteiger partial charge is 0.350 e. The van der Waals surface area contributed by atoms with Crippen LogP contribution in [-0.4, -0.2) is 24.4 Å². The maximum absolute atomic E-state index is 12.7. The number of carbonyl (C=O) groups excluding carboxylic acids is 2. The standard InChI is InChI=1S/C19H31N3O2.ClH/c1-4-5-11-16(13-20)21-19(24)18(15-9-7-6-8-10-15)22-17(23)12-14(2)3;/h6-10,14,16,18H,4-5,11-13,20H2,1-3H3,(H,21,24)(H,22,23);1H. The number of hydrogen-bond donors (Lipinski definition) is 3. The highest BCUT2D eigenvalue weighted by atomic mass is 35.5. The number of carbonyl (C=O) groups is 2. The van der Waals surface area contributed by atoms with E-state index < -0.39 is 6.04 Å². The normalized spacial score (nSPS) is 12.8. The first-order valence-electron chi connectivity index (χ1n) is 8.82. The minimum atomic E-state index is -0.687. The van der Waals surface area contributed by atoms with Crippen LogP contribution in [0.4, 0.5) is 0 Å². The Kier molecular flexibility index (Phi) is 11.9. The molecular weight excluding hydrogens is 338 g/mol. The molecule has 0 saturated heterocycles. The summed E-state index contributed by atoms with van der Waals surface area (Å²) in [5, 5.41) is 5.84. The highest BCUT2D eigenvalue weighted by Crippen LogP contribution is 2.15. The van der Waals surface area contributed by atoms with Gasteiger partial charge in [0, 0.05) is 19.0 Å². The number of nitrogens with two attached hydrogens (primary N) is 1. The third-order valence-electron chi connectivity index (χ3n) is 3.83. The highest BCUT2D eigenvalue weighted by molar-refractivity contribution is 5.88. The zero-order valence-electron chi connectivity index (χ0n) is 15.5. The lowest BCUT2D eigenvalue weighted by Crippen LogP contribution is -2.47. The molecule has 5 nitrogen and oxygen atoms in total. The fourth-order valence-corrected chi connectivity index (χ4v) is 2.52. The van der Waals surface area contributed by atoms with Crippen LogP contribution in [0.1, 0.15) is 58.1 Å². The van der Waals surface area contributed by atoms with E-state index >= 15 is 0 Å². The maximum Gasteiger partial charge on any atom is 0.247 e. The van der Waals surface area contributed by atoms with Gasteiger partial charge in [0.1, 0.15) is 6.04 Å². The maximum atomic E-state index is 12.7. The van der Waals surface area contributed by atoms with Crippen molar-refractivity contribution in [1.82, 2.24) is 10.6 Å². The molecule has 0 aliphatic carbocycles. The molecule has 0 saturated carbocycles. The molecule has 6 heteroatoms. The molecule has 25 heavy (non-hydrogen) atoms. The van der Waals surface area contributed by atoms with Gasteiger partial charge in [0.2, 0.25) is 11.8 Å². The van der Waals surface area contributed by atoms with E-state index in [1.54, 1.807) is 0 Å². The van der Waals surface area contributed by atoms with Gasteiger partial charge in [-0.1, -0.05) is 63.9 Å². The van der Waals surface area contributed by atoms with Gasteiger partial charge in [-0.3, -0.25) is 9.59 Å². The number of halogens is 1. The van der Waals surface area contributed by atoms with Crippen LogP contribution in [0.5, 0.6) is 0 Å². The summed E-state index contributed by atoms with van der Waals surface area (Å²) in [5.41, 5.74) is 6.54. The summed E-state index contributed by atoms with van der Waals surface area (Å²) in [6.45, 7) is 6.46. The van der Waals surface area contributed by atoms with E-state index in [0.29, 0.717) is 13.0 Å². The van der Waals surface area contributed by atoms with Crippen LogP contribution in [-0.2, 0) is 9.59 Å². The van der Waals surface area contributed by atoms with Crippen molar-refractivity contribution >= 4 is 24.2 Å². The average Bonchev–Trinajstić information content (AvgIpc) is 2.56. The summed E-state index contributed by atoms with van der Waals surface area (Å²) in [7, 11) is 0. The molecule has 0 bridgehead atoms. The number of amides is 2. The van der Waals surface area contributed by atoms with Crippen molar-refractivity contribution in [3.05, 3.63) is 35.9 Å². The third-order valence-corrected chi connectivity index (χ3v) is 3.83. The highest BCUT2D eigenvalue weighted by Gasteiger charge is 2.24. The lowest BCUT2D eigenvalue weighted by atomic mass is 10.0. The van der Waals surface area contributed by atoms with Crippen molar-refractivity contribution in [2.75, 3.05) is 6.54 Å². The topological polar surface area (TPSA) is 84.2 Å². The van der Waals surface area contributed by atoms with Gasteiger partial charge in [-0.15, -0.1) is 12.4 Å². The summed E-state index contributed by atoms with van der Waals surface area (Å²) < 4.78 is 0. The molecule has 1 aromatic carbocycles. The van der Waals surface area contributed by atoms with Gasteiger partial charge in [-0.05, 0) is 17.9 Å². The van der Waals surface area contributed by atoms with E-state index in [9.17, 15) is 9.59 Å². The first kappa shape index (κ1) is 23.4. The molecule has 142 valence electrons. The number of unbranched alkanes of at least 4 members (excludes halogenated alkanes) is 1. The van der Waals surface area contributed by atoms with Crippen LogP contribution in [0.15, 0.2) is 30.3 Å². The fraction of sp³-hybridized carbons (Fsp3) is 0.579. The molecule has 1 rings (SSSR count). The van der Waals surface area contributed by atoms with Crippen molar-refractivity contribution in [2.45, 2.75) is 58.5 Å². The minimum Gasteiger partial charge on any atom is -0.350 e. The van der Waals surface area contributed by atoms with Crippen LogP contribution in [0, 0.1) is 5.92 Å². The Bertz CT molecular complexity index is 509. The van der Waals surface area contributed by atoms with Crippen LogP contribution >= 0.6 is 12.4 Å². The molecule has 0 spiro atoms. The lowest BCUT2D eigenvalue weighted by molar-refractivity contribution is -0.130. The van der Waals surface area contributed by atoms with Gasteiger partial charge >= 0.3 is 0 Å². The first-order chi connectivity index (χ1) is 11.5. The summed E-state index contributed by atoms with van der Waals surface area (Å²) in [6, 6.07) is 8.56. The molecule has 0 aromatic heterocycles. The van der Waals surface area contributed by atoms with E-state index in [-0.39, 0.29) is 36.2 Å². The van der Waals surface area contributed by atoms with E-state index in [1.165, 1.54) is 0 Å². The van der Waals surface area contributed by atoms with Crippen molar-refractivity contribution in [2.24, 2.45) is 11.7 Å². The molecule has 0 aliphatic heterocycles. The van der Waals surface area contributed by atoms with Crippen molar-refractivity contribution in [3.63, 3.8) is 0 Å².